The van der Waals surface area contributed by atoms with Crippen molar-refractivity contribution in [3.63, 3.8) is 0 Å². The summed E-state index contributed by atoms with van der Waals surface area (Å²) in [6.07, 6.45) is 0.714. The van der Waals surface area contributed by atoms with Crippen molar-refractivity contribution in [3.8, 4) is 0 Å². The van der Waals surface area contributed by atoms with E-state index in [1.807, 2.05) is 36.9 Å². The Hall–Kier alpha value is -2.22. The highest BCUT2D eigenvalue weighted by molar-refractivity contribution is 7.89. The standard InChI is InChI=1S/C22H29N3O3S/c1-3-18(2)23-29(27,28)21-11-9-20(10-12-21)22(26)25-15-13-24(14-16-25)17-19-7-5-4-6-8-19/h4-12,18,23H,3,13-17H2,1-2H3/t18-/m0/s1. The van der Waals surface area contributed by atoms with Crippen molar-refractivity contribution < 1.29 is 13.2 Å². The molecule has 0 radical (unpaired) electrons. The van der Waals surface area contributed by atoms with Crippen molar-refractivity contribution in [2.24, 2.45) is 0 Å². The molecule has 1 saturated heterocycles. The number of carbonyl (C=O) groups excluding carboxylic acids is 1. The fourth-order valence-corrected chi connectivity index (χ4v) is 4.65. The number of hydrogen-bond acceptors (Lipinski definition) is 4. The van der Waals surface area contributed by atoms with Gasteiger partial charge in [0.15, 0.2) is 0 Å². The van der Waals surface area contributed by atoms with Crippen molar-refractivity contribution in [3.05, 3.63) is 65.7 Å². The van der Waals surface area contributed by atoms with Gasteiger partial charge in [0, 0.05) is 44.3 Å². The molecule has 0 unspecified atom stereocenters. The molecule has 1 aliphatic heterocycles. The number of benzene rings is 2. The molecule has 6 nitrogen and oxygen atoms in total. The first-order chi connectivity index (χ1) is 13.9. The number of sulfonamides is 1. The second kappa shape index (κ2) is 9.52. The van der Waals surface area contributed by atoms with Gasteiger partial charge in [0.05, 0.1) is 4.90 Å². The normalized spacial score (nSPS) is 16.6. The molecule has 2 aromatic carbocycles. The van der Waals surface area contributed by atoms with Crippen LogP contribution < -0.4 is 4.72 Å². The van der Waals surface area contributed by atoms with Crippen LogP contribution in [0.25, 0.3) is 0 Å². The van der Waals surface area contributed by atoms with Crippen LogP contribution in [0.15, 0.2) is 59.5 Å². The van der Waals surface area contributed by atoms with Gasteiger partial charge in [-0.1, -0.05) is 37.3 Å². The average Bonchev–Trinajstić information content (AvgIpc) is 2.74. The van der Waals surface area contributed by atoms with E-state index in [0.29, 0.717) is 25.1 Å². The number of nitrogens with zero attached hydrogens (tertiary/aromatic N) is 2. The van der Waals surface area contributed by atoms with E-state index in [-0.39, 0.29) is 16.8 Å². The molecular formula is C22H29N3O3S. The van der Waals surface area contributed by atoms with Crippen LogP contribution in [0, 0.1) is 0 Å². The predicted molar refractivity (Wildman–Crippen MR) is 114 cm³/mol. The van der Waals surface area contributed by atoms with Crippen LogP contribution in [0.4, 0.5) is 0 Å². The molecule has 1 N–H and O–H groups in total. The van der Waals surface area contributed by atoms with Crippen LogP contribution in [0.1, 0.15) is 36.2 Å². The molecule has 2 aromatic rings. The van der Waals surface area contributed by atoms with E-state index in [0.717, 1.165) is 19.6 Å². The van der Waals surface area contributed by atoms with Gasteiger partial charge >= 0.3 is 0 Å². The molecule has 0 aromatic heterocycles. The Morgan fingerprint density at radius 2 is 1.62 bits per heavy atom. The highest BCUT2D eigenvalue weighted by Crippen LogP contribution is 2.15. The Bertz CT molecular complexity index is 906. The molecule has 0 spiro atoms. The Morgan fingerprint density at radius 1 is 1.00 bits per heavy atom. The van der Waals surface area contributed by atoms with E-state index in [4.69, 9.17) is 0 Å². The minimum atomic E-state index is -3.56. The van der Waals surface area contributed by atoms with Gasteiger partial charge in [-0.15, -0.1) is 0 Å². The predicted octanol–water partition coefficient (Wildman–Crippen LogP) is 2.72. The SMILES string of the molecule is CC[C@H](C)NS(=O)(=O)c1ccc(C(=O)N2CCN(Cc3ccccc3)CC2)cc1. The molecule has 1 amide bonds. The monoisotopic (exact) mass is 415 g/mol. The lowest BCUT2D eigenvalue weighted by atomic mass is 10.1. The summed E-state index contributed by atoms with van der Waals surface area (Å²) >= 11 is 0. The smallest absolute Gasteiger partial charge is 0.253 e. The lowest BCUT2D eigenvalue weighted by molar-refractivity contribution is 0.0628. The first-order valence-electron chi connectivity index (χ1n) is 10.1. The highest BCUT2D eigenvalue weighted by atomic mass is 32.2. The summed E-state index contributed by atoms with van der Waals surface area (Å²) in [5.74, 6) is -0.0526. The molecule has 29 heavy (non-hydrogen) atoms. The van der Waals surface area contributed by atoms with Crippen LogP contribution >= 0.6 is 0 Å². The minimum Gasteiger partial charge on any atom is -0.336 e. The lowest BCUT2D eigenvalue weighted by Crippen LogP contribution is -2.48. The maximum absolute atomic E-state index is 12.8. The summed E-state index contributed by atoms with van der Waals surface area (Å²) in [5.41, 5.74) is 1.79. The molecule has 7 heteroatoms. The first-order valence-corrected chi connectivity index (χ1v) is 11.6. The summed E-state index contributed by atoms with van der Waals surface area (Å²) in [7, 11) is -3.56. The summed E-state index contributed by atoms with van der Waals surface area (Å²) in [5, 5.41) is 0. The van der Waals surface area contributed by atoms with E-state index >= 15 is 0 Å². The topological polar surface area (TPSA) is 69.7 Å². The molecule has 1 heterocycles. The molecule has 0 bridgehead atoms. The van der Waals surface area contributed by atoms with Gasteiger partial charge in [0.25, 0.3) is 5.91 Å². The largest absolute Gasteiger partial charge is 0.336 e. The van der Waals surface area contributed by atoms with E-state index in [1.54, 1.807) is 12.1 Å². The molecule has 3 rings (SSSR count). The van der Waals surface area contributed by atoms with Crippen LogP contribution in [-0.4, -0.2) is 56.3 Å². The van der Waals surface area contributed by atoms with Gasteiger partial charge in [-0.05, 0) is 43.2 Å². The number of carbonyl (C=O) groups is 1. The van der Waals surface area contributed by atoms with Gasteiger partial charge in [-0.2, -0.15) is 0 Å². The third-order valence-corrected chi connectivity index (χ3v) is 6.89. The maximum Gasteiger partial charge on any atom is 0.253 e. The van der Waals surface area contributed by atoms with Gasteiger partial charge in [-0.25, -0.2) is 13.1 Å². The van der Waals surface area contributed by atoms with Gasteiger partial charge in [-0.3, -0.25) is 9.69 Å². The summed E-state index contributed by atoms with van der Waals surface area (Å²) in [6, 6.07) is 16.4. The zero-order valence-corrected chi connectivity index (χ0v) is 17.9. The van der Waals surface area contributed by atoms with E-state index in [2.05, 4.69) is 21.8 Å². The van der Waals surface area contributed by atoms with Gasteiger partial charge in [0.2, 0.25) is 10.0 Å². The number of hydrogen-bond donors (Lipinski definition) is 1. The van der Waals surface area contributed by atoms with E-state index < -0.39 is 10.0 Å². The Morgan fingerprint density at radius 3 is 2.21 bits per heavy atom. The zero-order chi connectivity index (χ0) is 20.9. The van der Waals surface area contributed by atoms with E-state index in [9.17, 15) is 13.2 Å². The number of piperazine rings is 1. The molecular weight excluding hydrogens is 386 g/mol. The van der Waals surface area contributed by atoms with Crippen LogP contribution in [0.2, 0.25) is 0 Å². The van der Waals surface area contributed by atoms with E-state index in [1.165, 1.54) is 17.7 Å². The number of rotatable bonds is 7. The second-order valence-corrected chi connectivity index (χ2v) is 9.22. The fourth-order valence-electron chi connectivity index (χ4n) is 3.33. The quantitative estimate of drug-likeness (QED) is 0.755. The Kier molecular flexibility index (Phi) is 7.05. The van der Waals surface area contributed by atoms with Crippen molar-refractivity contribution in [1.82, 2.24) is 14.5 Å². The van der Waals surface area contributed by atoms with Crippen LogP contribution in [0.3, 0.4) is 0 Å². The zero-order valence-electron chi connectivity index (χ0n) is 17.0. The Labute approximate surface area is 173 Å². The maximum atomic E-state index is 12.8. The van der Waals surface area contributed by atoms with Crippen molar-refractivity contribution in [1.29, 1.82) is 0 Å². The number of nitrogens with one attached hydrogen (secondary N) is 1. The molecule has 1 aliphatic rings. The van der Waals surface area contributed by atoms with Gasteiger partial charge < -0.3 is 4.90 Å². The van der Waals surface area contributed by atoms with Crippen molar-refractivity contribution in [2.75, 3.05) is 26.2 Å². The lowest BCUT2D eigenvalue weighted by Gasteiger charge is -2.34. The molecule has 156 valence electrons. The summed E-state index contributed by atoms with van der Waals surface area (Å²) in [6.45, 7) is 7.63. The highest BCUT2D eigenvalue weighted by Gasteiger charge is 2.23. The summed E-state index contributed by atoms with van der Waals surface area (Å²) in [4.78, 5) is 17.2. The number of amides is 1. The molecule has 1 fully saturated rings. The fraction of sp³-hybridized carbons (Fsp3) is 0.409. The van der Waals surface area contributed by atoms with Crippen molar-refractivity contribution in [2.45, 2.75) is 37.8 Å². The first kappa shape index (κ1) is 21.5. The van der Waals surface area contributed by atoms with Crippen LogP contribution in [-0.2, 0) is 16.6 Å². The van der Waals surface area contributed by atoms with Gasteiger partial charge in [0.1, 0.15) is 0 Å². The third kappa shape index (κ3) is 5.65. The molecule has 0 aliphatic carbocycles. The second-order valence-electron chi connectivity index (χ2n) is 7.51. The molecule has 1 atom stereocenters. The van der Waals surface area contributed by atoms with Crippen molar-refractivity contribution >= 4 is 15.9 Å². The minimum absolute atomic E-state index is 0.0526. The summed E-state index contributed by atoms with van der Waals surface area (Å²) < 4.78 is 27.3. The molecule has 0 saturated carbocycles. The Balaban J connectivity index is 1.57. The van der Waals surface area contributed by atoms with Crippen LogP contribution in [0.5, 0.6) is 0 Å². The average molecular weight is 416 g/mol. The third-order valence-electron chi connectivity index (χ3n) is 5.29.